The molecule has 124 valence electrons. The molecule has 0 aliphatic rings. The molecule has 1 heterocycles. The molecule has 2 amide bonds. The number of carbonyl (C=O) groups excluding carboxylic acids is 2. The summed E-state index contributed by atoms with van der Waals surface area (Å²) in [5.41, 5.74) is 6.90. The molecule has 0 radical (unpaired) electrons. The second-order valence-corrected chi connectivity index (χ2v) is 5.07. The minimum Gasteiger partial charge on any atom is -0.459 e. The average molecular weight is 338 g/mol. The normalized spacial score (nSPS) is 11.2. The summed E-state index contributed by atoms with van der Waals surface area (Å²) in [5.74, 6) is -0.156. The van der Waals surface area contributed by atoms with Gasteiger partial charge in [0, 0.05) is 23.8 Å². The number of furan rings is 1. The van der Waals surface area contributed by atoms with Crippen LogP contribution in [0, 0.1) is 0 Å². The predicted molar refractivity (Wildman–Crippen MR) is 91.9 cm³/mol. The molecule has 0 bridgehead atoms. The lowest BCUT2D eigenvalue weighted by atomic mass is 10.2. The summed E-state index contributed by atoms with van der Waals surface area (Å²) in [7, 11) is 0. The molecule has 23 heavy (non-hydrogen) atoms. The highest BCUT2D eigenvalue weighted by atomic mass is 35.5. The molecule has 0 saturated heterocycles. The van der Waals surface area contributed by atoms with Crippen LogP contribution in [0.1, 0.15) is 30.3 Å². The largest absolute Gasteiger partial charge is 0.459 e. The molecule has 1 unspecified atom stereocenters. The van der Waals surface area contributed by atoms with Crippen molar-refractivity contribution >= 4 is 35.6 Å². The number of anilines is 2. The zero-order valence-electron chi connectivity index (χ0n) is 12.7. The smallest absolute Gasteiger partial charge is 0.291 e. The summed E-state index contributed by atoms with van der Waals surface area (Å²) < 4.78 is 5.01. The van der Waals surface area contributed by atoms with Crippen molar-refractivity contribution < 1.29 is 14.0 Å². The van der Waals surface area contributed by atoms with Gasteiger partial charge >= 0.3 is 0 Å². The van der Waals surface area contributed by atoms with Crippen molar-refractivity contribution in [3.05, 3.63) is 48.4 Å². The van der Waals surface area contributed by atoms with Crippen molar-refractivity contribution in [3.8, 4) is 0 Å². The summed E-state index contributed by atoms with van der Waals surface area (Å²) >= 11 is 0. The van der Waals surface area contributed by atoms with Gasteiger partial charge in [-0.05, 0) is 49.7 Å². The number of nitrogens with one attached hydrogen (secondary N) is 2. The van der Waals surface area contributed by atoms with Crippen LogP contribution in [0.4, 0.5) is 11.4 Å². The van der Waals surface area contributed by atoms with Crippen LogP contribution in [-0.2, 0) is 4.79 Å². The standard InChI is InChI=1S/C16H19N3O3.ClH/c1-11(17)4-9-15(20)18-12-5-7-13(8-6-12)19-16(21)14-3-2-10-22-14;/h2-3,5-8,10-11H,4,9,17H2,1H3,(H,18,20)(H,19,21);1H. The lowest BCUT2D eigenvalue weighted by molar-refractivity contribution is -0.116. The molecular weight excluding hydrogens is 318 g/mol. The molecule has 4 N–H and O–H groups in total. The maximum absolute atomic E-state index is 11.8. The maximum Gasteiger partial charge on any atom is 0.291 e. The van der Waals surface area contributed by atoms with E-state index in [0.717, 1.165) is 0 Å². The molecule has 2 rings (SSSR count). The predicted octanol–water partition coefficient (Wildman–Crippen LogP) is 3.02. The summed E-state index contributed by atoms with van der Waals surface area (Å²) in [6.07, 6.45) is 2.47. The highest BCUT2D eigenvalue weighted by Crippen LogP contribution is 2.15. The van der Waals surface area contributed by atoms with Crippen molar-refractivity contribution in [3.63, 3.8) is 0 Å². The van der Waals surface area contributed by atoms with Gasteiger partial charge in [-0.1, -0.05) is 0 Å². The number of benzene rings is 1. The van der Waals surface area contributed by atoms with E-state index in [-0.39, 0.29) is 36.0 Å². The summed E-state index contributed by atoms with van der Waals surface area (Å²) in [6.45, 7) is 1.86. The second-order valence-electron chi connectivity index (χ2n) is 5.07. The van der Waals surface area contributed by atoms with Crippen molar-refractivity contribution in [2.24, 2.45) is 5.73 Å². The van der Waals surface area contributed by atoms with Gasteiger partial charge in [0.2, 0.25) is 5.91 Å². The van der Waals surface area contributed by atoms with Crippen molar-refractivity contribution in [2.45, 2.75) is 25.8 Å². The van der Waals surface area contributed by atoms with E-state index in [2.05, 4.69) is 10.6 Å². The third-order valence-corrected chi connectivity index (χ3v) is 3.00. The number of halogens is 1. The summed E-state index contributed by atoms with van der Waals surface area (Å²) in [6, 6.07) is 10.1. The Hall–Kier alpha value is -2.31. The fourth-order valence-corrected chi connectivity index (χ4v) is 1.82. The van der Waals surface area contributed by atoms with Crippen LogP contribution in [0.25, 0.3) is 0 Å². The summed E-state index contributed by atoms with van der Waals surface area (Å²) in [5, 5.41) is 5.48. The van der Waals surface area contributed by atoms with Crippen LogP contribution >= 0.6 is 12.4 Å². The molecule has 0 aliphatic heterocycles. The Kier molecular flexibility index (Phi) is 7.31. The minimum absolute atomic E-state index is 0. The first-order valence-electron chi connectivity index (χ1n) is 7.05. The minimum atomic E-state index is -0.321. The van der Waals surface area contributed by atoms with Gasteiger partial charge in [0.05, 0.1) is 6.26 Å². The Morgan fingerprint density at radius 2 is 1.74 bits per heavy atom. The van der Waals surface area contributed by atoms with Gasteiger partial charge in [-0.3, -0.25) is 9.59 Å². The molecule has 7 heteroatoms. The number of nitrogens with two attached hydrogens (primary N) is 1. The van der Waals surface area contributed by atoms with Crippen LogP contribution in [-0.4, -0.2) is 17.9 Å². The van der Waals surface area contributed by atoms with E-state index < -0.39 is 0 Å². The lowest BCUT2D eigenvalue weighted by Gasteiger charge is -2.08. The second kappa shape index (κ2) is 8.97. The highest BCUT2D eigenvalue weighted by Gasteiger charge is 2.09. The van der Waals surface area contributed by atoms with Gasteiger partial charge in [-0.25, -0.2) is 0 Å². The van der Waals surface area contributed by atoms with E-state index in [0.29, 0.717) is 24.2 Å². The Morgan fingerprint density at radius 1 is 1.13 bits per heavy atom. The third kappa shape index (κ3) is 6.14. The first-order valence-corrected chi connectivity index (χ1v) is 7.05. The topological polar surface area (TPSA) is 97.4 Å². The lowest BCUT2D eigenvalue weighted by Crippen LogP contribution is -2.19. The van der Waals surface area contributed by atoms with E-state index >= 15 is 0 Å². The molecular formula is C16H20ClN3O3. The van der Waals surface area contributed by atoms with E-state index in [4.69, 9.17) is 10.2 Å². The third-order valence-electron chi connectivity index (χ3n) is 3.00. The number of carbonyl (C=O) groups is 2. The quantitative estimate of drug-likeness (QED) is 0.754. The average Bonchev–Trinajstić information content (AvgIpc) is 3.01. The zero-order chi connectivity index (χ0) is 15.9. The Balaban J connectivity index is 0.00000264. The molecule has 6 nitrogen and oxygen atoms in total. The number of hydrogen-bond donors (Lipinski definition) is 3. The molecule has 1 aromatic carbocycles. The Labute approximate surface area is 140 Å². The van der Waals surface area contributed by atoms with Crippen LogP contribution in [0.2, 0.25) is 0 Å². The maximum atomic E-state index is 11.8. The van der Waals surface area contributed by atoms with E-state index in [1.165, 1.54) is 6.26 Å². The molecule has 0 spiro atoms. The van der Waals surface area contributed by atoms with E-state index in [1.807, 2.05) is 6.92 Å². The van der Waals surface area contributed by atoms with Crippen LogP contribution < -0.4 is 16.4 Å². The van der Waals surface area contributed by atoms with E-state index in [1.54, 1.807) is 36.4 Å². The van der Waals surface area contributed by atoms with E-state index in [9.17, 15) is 9.59 Å². The molecule has 1 atom stereocenters. The van der Waals surface area contributed by atoms with Gasteiger partial charge in [-0.2, -0.15) is 0 Å². The van der Waals surface area contributed by atoms with Crippen molar-refractivity contribution in [2.75, 3.05) is 10.6 Å². The fourth-order valence-electron chi connectivity index (χ4n) is 1.82. The first kappa shape index (κ1) is 18.7. The molecule has 1 aromatic heterocycles. The highest BCUT2D eigenvalue weighted by molar-refractivity contribution is 6.02. The van der Waals surface area contributed by atoms with Crippen LogP contribution in [0.5, 0.6) is 0 Å². The molecule has 0 aliphatic carbocycles. The Bertz CT molecular complexity index is 625. The fraction of sp³-hybridized carbons (Fsp3) is 0.250. The Morgan fingerprint density at radius 3 is 2.26 bits per heavy atom. The molecule has 2 aromatic rings. The van der Waals surface area contributed by atoms with Crippen molar-refractivity contribution in [1.29, 1.82) is 0 Å². The van der Waals surface area contributed by atoms with Gasteiger partial charge in [0.1, 0.15) is 0 Å². The molecule has 0 saturated carbocycles. The number of amides is 2. The van der Waals surface area contributed by atoms with Gasteiger partial charge in [0.25, 0.3) is 5.91 Å². The van der Waals surface area contributed by atoms with Gasteiger partial charge < -0.3 is 20.8 Å². The van der Waals surface area contributed by atoms with Crippen molar-refractivity contribution in [1.82, 2.24) is 0 Å². The zero-order valence-corrected chi connectivity index (χ0v) is 13.6. The molecule has 0 fully saturated rings. The van der Waals surface area contributed by atoms with Crippen LogP contribution in [0.15, 0.2) is 47.1 Å². The van der Waals surface area contributed by atoms with Gasteiger partial charge in [-0.15, -0.1) is 12.4 Å². The SMILES string of the molecule is CC(N)CCC(=O)Nc1ccc(NC(=O)c2ccco2)cc1.Cl. The monoisotopic (exact) mass is 337 g/mol. The van der Waals surface area contributed by atoms with Gasteiger partial charge in [0.15, 0.2) is 5.76 Å². The van der Waals surface area contributed by atoms with Crippen LogP contribution in [0.3, 0.4) is 0 Å². The first-order chi connectivity index (χ1) is 10.5. The number of rotatable bonds is 6. The summed E-state index contributed by atoms with van der Waals surface area (Å²) in [4.78, 5) is 23.5. The number of hydrogen-bond acceptors (Lipinski definition) is 4.